The van der Waals surface area contributed by atoms with Crippen LogP contribution in [0.5, 0.6) is 0 Å². The van der Waals surface area contributed by atoms with Gasteiger partial charge in [-0.25, -0.2) is 4.39 Å². The van der Waals surface area contributed by atoms with Crippen LogP contribution in [0, 0.1) is 17.1 Å². The monoisotopic (exact) mass is 241 g/mol. The number of rotatable bonds is 1. The van der Waals surface area contributed by atoms with Crippen LogP contribution in [0.15, 0.2) is 16.6 Å². The van der Waals surface area contributed by atoms with Crippen molar-refractivity contribution < 1.29 is 9.18 Å². The van der Waals surface area contributed by atoms with Gasteiger partial charge in [-0.1, -0.05) is 0 Å². The van der Waals surface area contributed by atoms with E-state index in [2.05, 4.69) is 15.9 Å². The third kappa shape index (κ3) is 1.76. The number of nitriles is 1. The SMILES string of the molecule is CC(=O)c1c(F)ccc(Br)c1C#N. The topological polar surface area (TPSA) is 40.9 Å². The van der Waals surface area contributed by atoms with Gasteiger partial charge in [-0.05, 0) is 35.0 Å². The zero-order valence-electron chi connectivity index (χ0n) is 6.77. The van der Waals surface area contributed by atoms with Crippen molar-refractivity contribution in [3.63, 3.8) is 0 Å². The van der Waals surface area contributed by atoms with Crippen LogP contribution < -0.4 is 0 Å². The van der Waals surface area contributed by atoms with E-state index >= 15 is 0 Å². The number of carbonyl (C=O) groups is 1. The molecule has 4 heteroatoms. The first kappa shape index (κ1) is 9.87. The maximum atomic E-state index is 13.1. The Kier molecular flexibility index (Phi) is 2.79. The van der Waals surface area contributed by atoms with Gasteiger partial charge in [0.1, 0.15) is 11.9 Å². The Labute approximate surface area is 83.1 Å². The van der Waals surface area contributed by atoms with Crippen LogP contribution in [-0.4, -0.2) is 5.78 Å². The molecule has 0 spiro atoms. The molecule has 0 aliphatic heterocycles. The third-order valence-electron chi connectivity index (χ3n) is 1.57. The minimum absolute atomic E-state index is 0.0486. The maximum absolute atomic E-state index is 13.1. The number of Topliss-reactive ketones (excluding diaryl/α,β-unsaturated/α-hetero) is 1. The zero-order chi connectivity index (χ0) is 10.0. The molecule has 0 heterocycles. The first-order chi connectivity index (χ1) is 6.07. The number of halogens is 2. The first-order valence-corrected chi connectivity index (χ1v) is 4.26. The summed E-state index contributed by atoms with van der Waals surface area (Å²) in [4.78, 5) is 11.0. The van der Waals surface area contributed by atoms with E-state index in [0.29, 0.717) is 4.47 Å². The predicted octanol–water partition coefficient (Wildman–Crippen LogP) is 2.66. The van der Waals surface area contributed by atoms with Gasteiger partial charge in [0.15, 0.2) is 5.78 Å². The fraction of sp³-hybridized carbons (Fsp3) is 0.111. The summed E-state index contributed by atoms with van der Waals surface area (Å²) < 4.78 is 13.5. The van der Waals surface area contributed by atoms with E-state index in [9.17, 15) is 9.18 Å². The van der Waals surface area contributed by atoms with Crippen LogP contribution in [0.25, 0.3) is 0 Å². The van der Waals surface area contributed by atoms with Gasteiger partial charge in [0, 0.05) is 4.47 Å². The number of carbonyl (C=O) groups excluding carboxylic acids is 1. The molecule has 0 amide bonds. The average molecular weight is 242 g/mol. The molecule has 0 saturated carbocycles. The summed E-state index contributed by atoms with van der Waals surface area (Å²) in [6.45, 7) is 1.23. The minimum atomic E-state index is -0.660. The van der Waals surface area contributed by atoms with Crippen LogP contribution in [-0.2, 0) is 0 Å². The lowest BCUT2D eigenvalue weighted by atomic mass is 10.1. The first-order valence-electron chi connectivity index (χ1n) is 3.47. The van der Waals surface area contributed by atoms with Crippen LogP contribution in [0.4, 0.5) is 4.39 Å². The molecular formula is C9H5BrFNO. The van der Waals surface area contributed by atoms with Crippen LogP contribution >= 0.6 is 15.9 Å². The number of benzene rings is 1. The standard InChI is InChI=1S/C9H5BrFNO/c1-5(13)9-6(4-12)7(10)2-3-8(9)11/h2-3H,1H3. The molecule has 0 aliphatic carbocycles. The highest BCUT2D eigenvalue weighted by Crippen LogP contribution is 2.22. The number of hydrogen-bond donors (Lipinski definition) is 0. The lowest BCUT2D eigenvalue weighted by Gasteiger charge is -2.02. The summed E-state index contributed by atoms with van der Waals surface area (Å²) in [5.41, 5.74) is -0.107. The van der Waals surface area contributed by atoms with Gasteiger partial charge in [-0.15, -0.1) is 0 Å². The summed E-state index contributed by atoms with van der Waals surface area (Å²) in [7, 11) is 0. The van der Waals surface area contributed by atoms with Crippen molar-refractivity contribution in [2.24, 2.45) is 0 Å². The van der Waals surface area contributed by atoms with E-state index in [-0.39, 0.29) is 11.1 Å². The molecule has 1 aromatic carbocycles. The van der Waals surface area contributed by atoms with Crippen molar-refractivity contribution >= 4 is 21.7 Å². The normalized spacial score (nSPS) is 9.38. The quantitative estimate of drug-likeness (QED) is 0.710. The highest BCUT2D eigenvalue weighted by molar-refractivity contribution is 9.10. The zero-order valence-corrected chi connectivity index (χ0v) is 8.35. The molecule has 0 atom stereocenters. The molecule has 0 N–H and O–H groups in total. The van der Waals surface area contributed by atoms with E-state index in [0.717, 1.165) is 6.07 Å². The molecule has 13 heavy (non-hydrogen) atoms. The maximum Gasteiger partial charge on any atom is 0.164 e. The summed E-state index contributed by atoms with van der Waals surface area (Å²) in [5, 5.41) is 8.67. The molecule has 2 nitrogen and oxygen atoms in total. The number of ketones is 1. The minimum Gasteiger partial charge on any atom is -0.294 e. The van der Waals surface area contributed by atoms with Crippen molar-refractivity contribution in [2.45, 2.75) is 6.92 Å². The van der Waals surface area contributed by atoms with Gasteiger partial charge in [0.05, 0.1) is 11.1 Å². The Bertz CT molecular complexity index is 409. The van der Waals surface area contributed by atoms with Crippen molar-refractivity contribution in [1.29, 1.82) is 5.26 Å². The van der Waals surface area contributed by atoms with Gasteiger partial charge in [0.25, 0.3) is 0 Å². The summed E-state index contributed by atoms with van der Waals surface area (Å²) in [6, 6.07) is 4.34. The second kappa shape index (κ2) is 3.67. The number of hydrogen-bond acceptors (Lipinski definition) is 2. The van der Waals surface area contributed by atoms with Crippen LogP contribution in [0.2, 0.25) is 0 Å². The van der Waals surface area contributed by atoms with Crippen molar-refractivity contribution in [3.05, 3.63) is 33.5 Å². The lowest BCUT2D eigenvalue weighted by molar-refractivity contribution is 0.101. The molecule has 0 aliphatic rings. The fourth-order valence-electron chi connectivity index (χ4n) is 1.01. The Morgan fingerprint density at radius 2 is 2.23 bits per heavy atom. The highest BCUT2D eigenvalue weighted by Gasteiger charge is 2.15. The van der Waals surface area contributed by atoms with Crippen molar-refractivity contribution in [2.75, 3.05) is 0 Å². The molecule has 1 aromatic rings. The molecule has 66 valence electrons. The summed E-state index contributed by atoms with van der Waals surface area (Å²) >= 11 is 3.07. The van der Waals surface area contributed by atoms with Crippen molar-refractivity contribution in [1.82, 2.24) is 0 Å². The molecule has 0 radical (unpaired) electrons. The predicted molar refractivity (Wildman–Crippen MR) is 48.8 cm³/mol. The van der Waals surface area contributed by atoms with Crippen molar-refractivity contribution in [3.8, 4) is 6.07 Å². The van der Waals surface area contributed by atoms with Gasteiger partial charge < -0.3 is 0 Å². The molecule has 0 unspecified atom stereocenters. The second-order valence-corrected chi connectivity index (χ2v) is 3.30. The van der Waals surface area contributed by atoms with Crippen LogP contribution in [0.3, 0.4) is 0 Å². The summed E-state index contributed by atoms with van der Waals surface area (Å²) in [6.07, 6.45) is 0. The summed E-state index contributed by atoms with van der Waals surface area (Å²) in [5.74, 6) is -1.11. The van der Waals surface area contributed by atoms with E-state index in [1.54, 1.807) is 6.07 Å². The molecular weight excluding hydrogens is 237 g/mol. The number of nitrogens with zero attached hydrogens (tertiary/aromatic N) is 1. The van der Waals surface area contributed by atoms with E-state index in [1.165, 1.54) is 13.0 Å². The second-order valence-electron chi connectivity index (χ2n) is 2.45. The van der Waals surface area contributed by atoms with Gasteiger partial charge in [-0.2, -0.15) is 5.26 Å². The van der Waals surface area contributed by atoms with Gasteiger partial charge in [0.2, 0.25) is 0 Å². The molecule has 0 bridgehead atoms. The molecule has 0 aromatic heterocycles. The Morgan fingerprint density at radius 1 is 1.62 bits per heavy atom. The Balaban J connectivity index is 3.55. The highest BCUT2D eigenvalue weighted by atomic mass is 79.9. The molecule has 1 rings (SSSR count). The lowest BCUT2D eigenvalue weighted by Crippen LogP contribution is -2.01. The van der Waals surface area contributed by atoms with Gasteiger partial charge in [-0.3, -0.25) is 4.79 Å². The van der Waals surface area contributed by atoms with Gasteiger partial charge >= 0.3 is 0 Å². The third-order valence-corrected chi connectivity index (χ3v) is 2.23. The van der Waals surface area contributed by atoms with E-state index in [1.807, 2.05) is 0 Å². The van der Waals surface area contributed by atoms with Crippen LogP contribution in [0.1, 0.15) is 22.8 Å². The Morgan fingerprint density at radius 3 is 2.62 bits per heavy atom. The van der Waals surface area contributed by atoms with E-state index in [4.69, 9.17) is 5.26 Å². The Hall–Kier alpha value is -1.21. The molecule has 0 fully saturated rings. The smallest absolute Gasteiger partial charge is 0.164 e. The average Bonchev–Trinajstić information content (AvgIpc) is 2.07. The fourth-order valence-corrected chi connectivity index (χ4v) is 1.42. The van der Waals surface area contributed by atoms with E-state index < -0.39 is 11.6 Å². The molecule has 0 saturated heterocycles. The largest absolute Gasteiger partial charge is 0.294 e.